The number of halogens is 1. The molecule has 0 aliphatic carbocycles. The molecular weight excluding hydrogens is 230 g/mol. The molecule has 0 saturated carbocycles. The Morgan fingerprint density at radius 3 is 2.81 bits per heavy atom. The average molecular weight is 240 g/mol. The van der Waals surface area contributed by atoms with Gasteiger partial charge in [0.15, 0.2) is 6.10 Å². The maximum absolute atomic E-state index is 11.7. The Balaban J connectivity index is 2.29. The van der Waals surface area contributed by atoms with Crippen LogP contribution in [0.5, 0.6) is 0 Å². The lowest BCUT2D eigenvalue weighted by Crippen LogP contribution is -2.66. The van der Waals surface area contributed by atoms with Gasteiger partial charge in [0.05, 0.1) is 0 Å². The Hall–Kier alpha value is -1.39. The number of β-lactam (4-membered cyclic amide) rings is 1. The number of methoxy groups -OCH3 is 1. The molecule has 0 radical (unpaired) electrons. The van der Waals surface area contributed by atoms with E-state index in [1.165, 1.54) is 12.0 Å². The van der Waals surface area contributed by atoms with Crippen LogP contribution in [0.1, 0.15) is 0 Å². The SMILES string of the molecule is CO[C@@H]1C(=O)N(c2cccc(Cl)c2)[C@@H]1C=O. The van der Waals surface area contributed by atoms with Crippen LogP contribution in [-0.4, -0.2) is 31.4 Å². The van der Waals surface area contributed by atoms with Crippen LogP contribution in [0, 0.1) is 0 Å². The first-order chi connectivity index (χ1) is 7.69. The van der Waals surface area contributed by atoms with Crippen molar-refractivity contribution < 1.29 is 14.3 Å². The predicted octanol–water partition coefficient (Wildman–Crippen LogP) is 1.27. The normalized spacial score (nSPS) is 24.1. The third-order valence-electron chi connectivity index (χ3n) is 2.57. The van der Waals surface area contributed by atoms with Gasteiger partial charge >= 0.3 is 0 Å². The minimum atomic E-state index is -0.670. The van der Waals surface area contributed by atoms with Crippen LogP contribution in [0.2, 0.25) is 5.02 Å². The summed E-state index contributed by atoms with van der Waals surface area (Å²) in [6, 6.07) is 6.25. The Labute approximate surface area is 97.7 Å². The molecule has 16 heavy (non-hydrogen) atoms. The van der Waals surface area contributed by atoms with Crippen LogP contribution in [-0.2, 0) is 14.3 Å². The zero-order valence-corrected chi connectivity index (χ0v) is 9.35. The second-order valence-corrected chi connectivity index (χ2v) is 3.91. The number of ether oxygens (including phenoxy) is 1. The number of carbonyl (C=O) groups is 2. The van der Waals surface area contributed by atoms with E-state index >= 15 is 0 Å². The van der Waals surface area contributed by atoms with Crippen molar-refractivity contribution in [2.24, 2.45) is 0 Å². The molecule has 1 aromatic rings. The summed E-state index contributed by atoms with van der Waals surface area (Å²) in [7, 11) is 1.41. The van der Waals surface area contributed by atoms with E-state index < -0.39 is 12.1 Å². The van der Waals surface area contributed by atoms with Crippen LogP contribution in [0.15, 0.2) is 24.3 Å². The van der Waals surface area contributed by atoms with Gasteiger partial charge < -0.3 is 9.53 Å². The molecule has 5 heteroatoms. The smallest absolute Gasteiger partial charge is 0.259 e. The fraction of sp³-hybridized carbons (Fsp3) is 0.273. The summed E-state index contributed by atoms with van der Waals surface area (Å²) < 4.78 is 4.93. The van der Waals surface area contributed by atoms with Gasteiger partial charge in [-0.3, -0.25) is 9.69 Å². The van der Waals surface area contributed by atoms with Crippen LogP contribution in [0.3, 0.4) is 0 Å². The standard InChI is InChI=1S/C11H10ClNO3/c1-16-10-9(6-14)13(11(10)15)8-4-2-3-7(12)5-8/h2-6,9-10H,1H3/t9-,10+/m1/s1. The minimum Gasteiger partial charge on any atom is -0.369 e. The Bertz CT molecular complexity index is 435. The van der Waals surface area contributed by atoms with Crippen molar-refractivity contribution >= 4 is 29.5 Å². The third kappa shape index (κ3) is 1.60. The summed E-state index contributed by atoms with van der Waals surface area (Å²) >= 11 is 5.82. The van der Waals surface area contributed by atoms with E-state index in [-0.39, 0.29) is 5.91 Å². The molecule has 84 valence electrons. The third-order valence-corrected chi connectivity index (χ3v) is 2.80. The summed E-state index contributed by atoms with van der Waals surface area (Å²) in [6.45, 7) is 0. The van der Waals surface area contributed by atoms with Crippen molar-refractivity contribution in [2.75, 3.05) is 12.0 Å². The number of benzene rings is 1. The fourth-order valence-electron chi connectivity index (χ4n) is 1.78. The number of nitrogens with zero attached hydrogens (tertiary/aromatic N) is 1. The highest BCUT2D eigenvalue weighted by Crippen LogP contribution is 2.30. The van der Waals surface area contributed by atoms with Crippen molar-refractivity contribution in [2.45, 2.75) is 12.1 Å². The molecule has 1 aromatic carbocycles. The number of carbonyl (C=O) groups excluding carboxylic acids is 2. The number of amides is 1. The molecule has 0 bridgehead atoms. The lowest BCUT2D eigenvalue weighted by molar-refractivity contribution is -0.142. The topological polar surface area (TPSA) is 46.6 Å². The van der Waals surface area contributed by atoms with E-state index in [0.717, 1.165) is 0 Å². The number of hydrogen-bond donors (Lipinski definition) is 0. The molecular formula is C11H10ClNO3. The highest BCUT2D eigenvalue weighted by Gasteiger charge is 2.48. The van der Waals surface area contributed by atoms with Crippen molar-refractivity contribution in [3.8, 4) is 0 Å². The van der Waals surface area contributed by atoms with E-state index in [0.29, 0.717) is 17.0 Å². The number of aldehydes is 1. The molecule has 0 aromatic heterocycles. The summed E-state index contributed by atoms with van der Waals surface area (Å²) in [4.78, 5) is 23.9. The Morgan fingerprint density at radius 1 is 1.50 bits per heavy atom. The first-order valence-electron chi connectivity index (χ1n) is 4.75. The zero-order chi connectivity index (χ0) is 11.7. The molecule has 4 nitrogen and oxygen atoms in total. The van der Waals surface area contributed by atoms with Crippen molar-refractivity contribution in [3.05, 3.63) is 29.3 Å². The van der Waals surface area contributed by atoms with E-state index in [1.54, 1.807) is 24.3 Å². The molecule has 1 aliphatic heterocycles. The Morgan fingerprint density at radius 2 is 2.25 bits per heavy atom. The van der Waals surface area contributed by atoms with E-state index in [2.05, 4.69) is 0 Å². The lowest BCUT2D eigenvalue weighted by atomic mass is 9.98. The highest BCUT2D eigenvalue weighted by molar-refractivity contribution is 6.31. The maximum atomic E-state index is 11.7. The summed E-state index contributed by atoms with van der Waals surface area (Å²) in [6.07, 6.45) is 0.0349. The number of hydrogen-bond acceptors (Lipinski definition) is 3. The van der Waals surface area contributed by atoms with Gasteiger partial charge in [-0.2, -0.15) is 0 Å². The van der Waals surface area contributed by atoms with Crippen LogP contribution >= 0.6 is 11.6 Å². The molecule has 0 N–H and O–H groups in total. The molecule has 1 saturated heterocycles. The maximum Gasteiger partial charge on any atom is 0.259 e. The second-order valence-electron chi connectivity index (χ2n) is 3.47. The average Bonchev–Trinajstić information content (AvgIpc) is 2.26. The largest absolute Gasteiger partial charge is 0.369 e. The fourth-order valence-corrected chi connectivity index (χ4v) is 1.97. The van der Waals surface area contributed by atoms with E-state index in [1.807, 2.05) is 0 Å². The number of rotatable bonds is 3. The van der Waals surface area contributed by atoms with Gasteiger partial charge in [-0.25, -0.2) is 0 Å². The molecule has 1 fully saturated rings. The minimum absolute atomic E-state index is 0.220. The molecule has 1 heterocycles. The van der Waals surface area contributed by atoms with Crippen molar-refractivity contribution in [1.82, 2.24) is 0 Å². The van der Waals surface area contributed by atoms with Gasteiger partial charge in [0.25, 0.3) is 5.91 Å². The molecule has 0 spiro atoms. The molecule has 2 rings (SSSR count). The summed E-state index contributed by atoms with van der Waals surface area (Å²) in [5, 5.41) is 0.524. The first kappa shape index (κ1) is 11.1. The monoisotopic (exact) mass is 239 g/mol. The van der Waals surface area contributed by atoms with Gasteiger partial charge in [-0.1, -0.05) is 17.7 Å². The van der Waals surface area contributed by atoms with Crippen molar-refractivity contribution in [3.63, 3.8) is 0 Å². The summed E-state index contributed by atoms with van der Waals surface area (Å²) in [5.74, 6) is -0.220. The second kappa shape index (κ2) is 4.23. The first-order valence-corrected chi connectivity index (χ1v) is 5.13. The molecule has 1 aliphatic rings. The molecule has 1 amide bonds. The quantitative estimate of drug-likeness (QED) is 0.590. The van der Waals surface area contributed by atoms with E-state index in [9.17, 15) is 9.59 Å². The van der Waals surface area contributed by atoms with Crippen LogP contribution < -0.4 is 4.90 Å². The zero-order valence-electron chi connectivity index (χ0n) is 8.59. The van der Waals surface area contributed by atoms with Gasteiger partial charge in [-0.15, -0.1) is 0 Å². The van der Waals surface area contributed by atoms with Gasteiger partial charge in [0, 0.05) is 17.8 Å². The van der Waals surface area contributed by atoms with Gasteiger partial charge in [0.1, 0.15) is 12.3 Å². The molecule has 0 unspecified atom stereocenters. The summed E-state index contributed by atoms with van der Waals surface area (Å²) in [5.41, 5.74) is 0.614. The van der Waals surface area contributed by atoms with Gasteiger partial charge in [-0.05, 0) is 18.2 Å². The van der Waals surface area contributed by atoms with Crippen molar-refractivity contribution in [1.29, 1.82) is 0 Å². The van der Waals surface area contributed by atoms with Crippen LogP contribution in [0.25, 0.3) is 0 Å². The lowest BCUT2D eigenvalue weighted by Gasteiger charge is -2.42. The van der Waals surface area contributed by atoms with Gasteiger partial charge in [0.2, 0.25) is 0 Å². The van der Waals surface area contributed by atoms with Crippen LogP contribution in [0.4, 0.5) is 5.69 Å². The van der Waals surface area contributed by atoms with E-state index in [4.69, 9.17) is 16.3 Å². The number of anilines is 1. The molecule has 2 atom stereocenters. The predicted molar refractivity (Wildman–Crippen MR) is 59.6 cm³/mol. The Kier molecular flexibility index (Phi) is 2.94. The highest BCUT2D eigenvalue weighted by atomic mass is 35.5.